The summed E-state index contributed by atoms with van der Waals surface area (Å²) < 4.78 is 5.43. The fourth-order valence-corrected chi connectivity index (χ4v) is 3.29. The van der Waals surface area contributed by atoms with Crippen LogP contribution in [0.25, 0.3) is 0 Å². The third kappa shape index (κ3) is 5.21. The van der Waals surface area contributed by atoms with E-state index in [1.165, 1.54) is 5.56 Å². The van der Waals surface area contributed by atoms with Crippen LogP contribution in [-0.4, -0.2) is 49.8 Å². The molecule has 5 nitrogen and oxygen atoms in total. The molecule has 24 heavy (non-hydrogen) atoms. The van der Waals surface area contributed by atoms with Gasteiger partial charge in [-0.2, -0.15) is 0 Å². The number of carbonyl (C=O) groups is 1. The van der Waals surface area contributed by atoms with Crippen molar-refractivity contribution in [2.45, 2.75) is 39.8 Å². The van der Waals surface area contributed by atoms with Crippen LogP contribution in [0.5, 0.6) is 0 Å². The summed E-state index contributed by atoms with van der Waals surface area (Å²) in [5.41, 5.74) is 2.35. The Bertz CT molecular complexity index is 527. The lowest BCUT2D eigenvalue weighted by atomic mass is 10.0. The number of aryl methyl sites for hydroxylation is 1. The van der Waals surface area contributed by atoms with Crippen molar-refractivity contribution in [2.24, 2.45) is 5.92 Å². The van der Waals surface area contributed by atoms with Crippen molar-refractivity contribution in [1.82, 2.24) is 15.5 Å². The minimum Gasteiger partial charge on any atom is -0.379 e. The molecule has 2 N–H and O–H groups in total. The van der Waals surface area contributed by atoms with Crippen LogP contribution in [0.3, 0.4) is 0 Å². The van der Waals surface area contributed by atoms with Crippen molar-refractivity contribution in [3.63, 3.8) is 0 Å². The van der Waals surface area contributed by atoms with Crippen molar-refractivity contribution in [3.05, 3.63) is 35.4 Å². The molecule has 0 bridgehead atoms. The van der Waals surface area contributed by atoms with E-state index in [1.807, 2.05) is 19.1 Å². The number of ether oxygens (including phenoxy) is 1. The van der Waals surface area contributed by atoms with Gasteiger partial charge < -0.3 is 15.4 Å². The third-order valence-electron chi connectivity index (χ3n) is 4.76. The SMILES string of the molecule is Cc1ccccc1C(C)NC(=O)NCC(C(C)C)N1CCOCC1. The van der Waals surface area contributed by atoms with Gasteiger partial charge in [0.1, 0.15) is 0 Å². The van der Waals surface area contributed by atoms with E-state index in [-0.39, 0.29) is 12.1 Å². The van der Waals surface area contributed by atoms with Gasteiger partial charge in [-0.3, -0.25) is 4.90 Å². The fourth-order valence-electron chi connectivity index (χ4n) is 3.29. The van der Waals surface area contributed by atoms with E-state index >= 15 is 0 Å². The smallest absolute Gasteiger partial charge is 0.315 e. The molecule has 5 heteroatoms. The molecule has 1 aliphatic heterocycles. The summed E-state index contributed by atoms with van der Waals surface area (Å²) >= 11 is 0. The van der Waals surface area contributed by atoms with E-state index in [4.69, 9.17) is 4.74 Å². The van der Waals surface area contributed by atoms with Crippen LogP contribution in [0.2, 0.25) is 0 Å². The Morgan fingerprint density at radius 2 is 1.88 bits per heavy atom. The monoisotopic (exact) mass is 333 g/mol. The number of nitrogens with zero attached hydrogens (tertiary/aromatic N) is 1. The van der Waals surface area contributed by atoms with Crippen LogP contribution >= 0.6 is 0 Å². The highest BCUT2D eigenvalue weighted by Crippen LogP contribution is 2.16. The Morgan fingerprint density at radius 1 is 1.21 bits per heavy atom. The van der Waals surface area contributed by atoms with Crippen molar-refractivity contribution < 1.29 is 9.53 Å². The van der Waals surface area contributed by atoms with Gasteiger partial charge >= 0.3 is 6.03 Å². The number of benzene rings is 1. The minimum atomic E-state index is -0.107. The van der Waals surface area contributed by atoms with Gasteiger partial charge in [-0.15, -0.1) is 0 Å². The van der Waals surface area contributed by atoms with Gasteiger partial charge in [0.05, 0.1) is 19.3 Å². The minimum absolute atomic E-state index is 0.00733. The standard InChI is InChI=1S/C19H31N3O2/c1-14(2)18(22-9-11-24-12-10-22)13-20-19(23)21-16(4)17-8-6-5-7-15(17)3/h5-8,14,16,18H,9-13H2,1-4H3,(H2,20,21,23). The Hall–Kier alpha value is -1.59. The Kier molecular flexibility index (Phi) is 7.06. The maximum absolute atomic E-state index is 12.3. The molecule has 2 atom stereocenters. The molecule has 2 rings (SSSR count). The quantitative estimate of drug-likeness (QED) is 0.842. The average molecular weight is 333 g/mol. The number of carbonyl (C=O) groups excluding carboxylic acids is 1. The highest BCUT2D eigenvalue weighted by atomic mass is 16.5. The summed E-state index contributed by atoms with van der Waals surface area (Å²) in [6, 6.07) is 8.38. The van der Waals surface area contributed by atoms with Crippen molar-refractivity contribution in [3.8, 4) is 0 Å². The summed E-state index contributed by atoms with van der Waals surface area (Å²) in [4.78, 5) is 14.7. The second kappa shape index (κ2) is 9.04. The van der Waals surface area contributed by atoms with Gasteiger partial charge in [-0.05, 0) is 30.9 Å². The molecule has 0 saturated carbocycles. The van der Waals surface area contributed by atoms with E-state index in [0.717, 1.165) is 31.9 Å². The van der Waals surface area contributed by atoms with Gasteiger partial charge in [0.25, 0.3) is 0 Å². The number of rotatable bonds is 6. The second-order valence-corrected chi connectivity index (χ2v) is 6.89. The first kappa shape index (κ1) is 18.7. The van der Waals surface area contributed by atoms with Crippen LogP contribution < -0.4 is 10.6 Å². The van der Waals surface area contributed by atoms with Crippen LogP contribution in [-0.2, 0) is 4.74 Å². The third-order valence-corrected chi connectivity index (χ3v) is 4.76. The molecule has 2 amide bonds. The first-order valence-corrected chi connectivity index (χ1v) is 8.90. The van der Waals surface area contributed by atoms with Crippen LogP contribution in [0.1, 0.15) is 37.9 Å². The van der Waals surface area contributed by atoms with Gasteiger partial charge in [0.2, 0.25) is 0 Å². The zero-order chi connectivity index (χ0) is 17.5. The van der Waals surface area contributed by atoms with E-state index < -0.39 is 0 Å². The van der Waals surface area contributed by atoms with Gasteiger partial charge in [-0.1, -0.05) is 38.1 Å². The molecule has 0 aromatic heterocycles. The van der Waals surface area contributed by atoms with Crippen LogP contribution in [0.4, 0.5) is 4.79 Å². The van der Waals surface area contributed by atoms with E-state index in [2.05, 4.69) is 48.4 Å². The Balaban J connectivity index is 1.85. The first-order valence-electron chi connectivity index (χ1n) is 8.90. The van der Waals surface area contributed by atoms with Crippen LogP contribution in [0, 0.1) is 12.8 Å². The zero-order valence-electron chi connectivity index (χ0n) is 15.3. The second-order valence-electron chi connectivity index (χ2n) is 6.89. The number of hydrogen-bond donors (Lipinski definition) is 2. The highest BCUT2D eigenvalue weighted by Gasteiger charge is 2.24. The number of hydrogen-bond acceptors (Lipinski definition) is 3. The predicted octanol–water partition coefficient (Wildman–Crippen LogP) is 2.71. The average Bonchev–Trinajstić information content (AvgIpc) is 2.56. The molecule has 1 fully saturated rings. The zero-order valence-corrected chi connectivity index (χ0v) is 15.3. The number of urea groups is 1. The molecular weight excluding hydrogens is 302 g/mol. The lowest BCUT2D eigenvalue weighted by molar-refractivity contribution is 0.00718. The molecule has 1 aromatic carbocycles. The number of morpholine rings is 1. The molecule has 1 aromatic rings. The van der Waals surface area contributed by atoms with Gasteiger partial charge in [0.15, 0.2) is 0 Å². The van der Waals surface area contributed by atoms with Crippen molar-refractivity contribution in [2.75, 3.05) is 32.8 Å². The molecule has 1 saturated heterocycles. The summed E-state index contributed by atoms with van der Waals surface area (Å²) in [5, 5.41) is 6.09. The summed E-state index contributed by atoms with van der Waals surface area (Å²) in [6.07, 6.45) is 0. The normalized spacial score (nSPS) is 18.2. The number of amides is 2. The maximum Gasteiger partial charge on any atom is 0.315 e. The van der Waals surface area contributed by atoms with E-state index in [0.29, 0.717) is 18.5 Å². The van der Waals surface area contributed by atoms with Crippen molar-refractivity contribution >= 4 is 6.03 Å². The largest absolute Gasteiger partial charge is 0.379 e. The number of nitrogens with one attached hydrogen (secondary N) is 2. The fraction of sp³-hybridized carbons (Fsp3) is 0.632. The first-order chi connectivity index (χ1) is 11.5. The molecule has 0 spiro atoms. The lowest BCUT2D eigenvalue weighted by Crippen LogP contribution is -2.52. The summed E-state index contributed by atoms with van der Waals surface area (Å²) in [5.74, 6) is 0.484. The highest BCUT2D eigenvalue weighted by molar-refractivity contribution is 5.74. The molecule has 134 valence electrons. The predicted molar refractivity (Wildman–Crippen MR) is 97.1 cm³/mol. The van der Waals surface area contributed by atoms with Crippen molar-refractivity contribution in [1.29, 1.82) is 0 Å². The van der Waals surface area contributed by atoms with E-state index in [1.54, 1.807) is 0 Å². The molecular formula is C19H31N3O2. The van der Waals surface area contributed by atoms with E-state index in [9.17, 15) is 4.79 Å². The molecule has 2 unspecified atom stereocenters. The van der Waals surface area contributed by atoms with Crippen LogP contribution in [0.15, 0.2) is 24.3 Å². The van der Waals surface area contributed by atoms with Gasteiger partial charge in [0, 0.05) is 25.7 Å². The molecule has 0 aliphatic carbocycles. The maximum atomic E-state index is 12.3. The lowest BCUT2D eigenvalue weighted by Gasteiger charge is -2.37. The Labute approximate surface area is 145 Å². The molecule has 0 radical (unpaired) electrons. The molecule has 1 heterocycles. The topological polar surface area (TPSA) is 53.6 Å². The van der Waals surface area contributed by atoms with Gasteiger partial charge in [-0.25, -0.2) is 4.79 Å². The summed E-state index contributed by atoms with van der Waals surface area (Å²) in [7, 11) is 0. The molecule has 1 aliphatic rings. The summed E-state index contributed by atoms with van der Waals surface area (Å²) in [6.45, 7) is 12.6. The Morgan fingerprint density at radius 3 is 2.50 bits per heavy atom.